The van der Waals surface area contributed by atoms with E-state index in [1.807, 2.05) is 66.7 Å². The third kappa shape index (κ3) is 3.88. The molecule has 2 N–H and O–H groups in total. The maximum Gasteiger partial charge on any atom is 0.166 e. The normalized spacial score (nSPS) is 15.2. The van der Waals surface area contributed by atoms with Crippen LogP contribution in [-0.4, -0.2) is 10.7 Å². The van der Waals surface area contributed by atoms with Crippen molar-refractivity contribution in [3.8, 4) is 0 Å². The Kier molecular flexibility index (Phi) is 5.36. The number of benzene rings is 3. The molecular weight excluding hydrogens is 459 g/mol. The molecule has 0 saturated carbocycles. The molecular formula is C28H21FN4OS. The Morgan fingerprint density at radius 3 is 2.66 bits per heavy atom. The number of nitrogens with two attached hydrogens (primary N) is 1. The minimum Gasteiger partial charge on any atom is -0.461 e. The number of halogens is 1. The smallest absolute Gasteiger partial charge is 0.166 e. The van der Waals surface area contributed by atoms with E-state index < -0.39 is 6.17 Å². The Balaban J connectivity index is 1.36. The van der Waals surface area contributed by atoms with Crippen LogP contribution in [-0.2, 0) is 0 Å². The number of hydrazone groups is 1. The fraction of sp³-hybridized carbons (Fsp3) is 0.0714. The molecule has 0 bridgehead atoms. The average Bonchev–Trinajstić information content (AvgIpc) is 3.37. The standard InChI is InChI=1S/C28H21FN4OS/c1-17-6-7-18(16-23(17)29)26-21-4-2-3-5-22(21)28(30)33(32-26)19-8-10-20(11-9-19)35-25-12-14-31-24-13-15-34-27(24)25/h2-16,28H,30H2,1H3. The SMILES string of the molecule is Cc1ccc(C2=NN(c3ccc(Sc4ccnc5ccoc45)cc3)C(N)c3ccccc32)cc1F. The van der Waals surface area contributed by atoms with Crippen molar-refractivity contribution in [2.45, 2.75) is 22.9 Å². The quantitative estimate of drug-likeness (QED) is 0.312. The summed E-state index contributed by atoms with van der Waals surface area (Å²) in [4.78, 5) is 6.37. The van der Waals surface area contributed by atoms with Gasteiger partial charge in [-0.25, -0.2) is 9.40 Å². The van der Waals surface area contributed by atoms with Gasteiger partial charge >= 0.3 is 0 Å². The van der Waals surface area contributed by atoms with Gasteiger partial charge in [-0.1, -0.05) is 48.2 Å². The summed E-state index contributed by atoms with van der Waals surface area (Å²) in [7, 11) is 0. The van der Waals surface area contributed by atoms with Gasteiger partial charge in [-0.15, -0.1) is 0 Å². The molecule has 3 aromatic carbocycles. The molecule has 5 aromatic rings. The molecule has 0 saturated heterocycles. The molecule has 0 fully saturated rings. The van der Waals surface area contributed by atoms with E-state index in [-0.39, 0.29) is 5.82 Å². The fourth-order valence-corrected chi connectivity index (χ4v) is 5.12. The molecule has 2 aromatic heterocycles. The lowest BCUT2D eigenvalue weighted by atomic mass is 9.94. The first-order valence-electron chi connectivity index (χ1n) is 11.2. The monoisotopic (exact) mass is 480 g/mol. The third-order valence-electron chi connectivity index (χ3n) is 6.09. The second kappa shape index (κ2) is 8.69. The molecule has 0 aliphatic carbocycles. The van der Waals surface area contributed by atoms with E-state index in [2.05, 4.69) is 4.98 Å². The summed E-state index contributed by atoms with van der Waals surface area (Å²) < 4.78 is 20.0. The number of hydrogen-bond acceptors (Lipinski definition) is 6. The highest BCUT2D eigenvalue weighted by molar-refractivity contribution is 7.99. The van der Waals surface area contributed by atoms with E-state index in [0.29, 0.717) is 16.8 Å². The zero-order valence-corrected chi connectivity index (χ0v) is 19.7. The molecule has 1 aliphatic rings. The van der Waals surface area contributed by atoms with Gasteiger partial charge in [-0.3, -0.25) is 4.98 Å². The Labute approximate surface area is 206 Å². The lowest BCUT2D eigenvalue weighted by Crippen LogP contribution is -2.36. The van der Waals surface area contributed by atoms with Crippen LogP contribution in [0.2, 0.25) is 0 Å². The predicted octanol–water partition coefficient (Wildman–Crippen LogP) is 6.66. The molecule has 35 heavy (non-hydrogen) atoms. The highest BCUT2D eigenvalue weighted by Crippen LogP contribution is 2.36. The molecule has 6 rings (SSSR count). The topological polar surface area (TPSA) is 67.7 Å². The van der Waals surface area contributed by atoms with Crippen LogP contribution < -0.4 is 10.7 Å². The summed E-state index contributed by atoms with van der Waals surface area (Å²) in [6.45, 7) is 1.75. The molecule has 0 radical (unpaired) electrons. The van der Waals surface area contributed by atoms with Crippen molar-refractivity contribution in [1.29, 1.82) is 0 Å². The molecule has 0 spiro atoms. The van der Waals surface area contributed by atoms with Crippen molar-refractivity contribution in [2.24, 2.45) is 10.8 Å². The number of aryl methyl sites for hydroxylation is 1. The number of fused-ring (bicyclic) bond motifs is 2. The number of anilines is 1. The minimum atomic E-state index is -0.466. The Hall–Kier alpha value is -3.94. The van der Waals surface area contributed by atoms with Gasteiger partial charge in [0.15, 0.2) is 5.58 Å². The summed E-state index contributed by atoms with van der Waals surface area (Å²) in [6, 6.07) is 24.9. The zero-order valence-electron chi connectivity index (χ0n) is 18.9. The van der Waals surface area contributed by atoms with E-state index in [1.54, 1.807) is 42.2 Å². The van der Waals surface area contributed by atoms with Gasteiger partial charge < -0.3 is 10.2 Å². The maximum atomic E-state index is 14.4. The molecule has 1 aliphatic heterocycles. The molecule has 1 atom stereocenters. The van der Waals surface area contributed by atoms with Crippen molar-refractivity contribution < 1.29 is 8.81 Å². The molecule has 1 unspecified atom stereocenters. The third-order valence-corrected chi connectivity index (χ3v) is 7.14. The van der Waals surface area contributed by atoms with Crippen molar-refractivity contribution in [3.63, 3.8) is 0 Å². The maximum absolute atomic E-state index is 14.4. The number of nitrogens with zero attached hydrogens (tertiary/aromatic N) is 3. The van der Waals surface area contributed by atoms with Crippen LogP contribution in [0, 0.1) is 12.7 Å². The van der Waals surface area contributed by atoms with Crippen molar-refractivity contribution in [1.82, 2.24) is 4.98 Å². The van der Waals surface area contributed by atoms with E-state index in [1.165, 1.54) is 6.07 Å². The van der Waals surface area contributed by atoms with Crippen LogP contribution in [0.1, 0.15) is 28.4 Å². The average molecular weight is 481 g/mol. The van der Waals surface area contributed by atoms with Gasteiger partial charge in [-0.2, -0.15) is 5.10 Å². The summed E-state index contributed by atoms with van der Waals surface area (Å²) in [5, 5.41) is 6.68. The Morgan fingerprint density at radius 2 is 1.83 bits per heavy atom. The number of pyridine rings is 1. The van der Waals surface area contributed by atoms with Crippen LogP contribution in [0.3, 0.4) is 0 Å². The lowest BCUT2D eigenvalue weighted by Gasteiger charge is -2.33. The molecule has 7 heteroatoms. The summed E-state index contributed by atoms with van der Waals surface area (Å²) >= 11 is 1.61. The summed E-state index contributed by atoms with van der Waals surface area (Å²) in [6.07, 6.45) is 2.96. The number of aromatic nitrogens is 1. The van der Waals surface area contributed by atoms with Crippen molar-refractivity contribution >= 4 is 34.3 Å². The van der Waals surface area contributed by atoms with Gasteiger partial charge in [0.25, 0.3) is 0 Å². The van der Waals surface area contributed by atoms with Crippen LogP contribution >= 0.6 is 11.8 Å². The first-order chi connectivity index (χ1) is 17.1. The van der Waals surface area contributed by atoms with E-state index in [4.69, 9.17) is 15.3 Å². The van der Waals surface area contributed by atoms with Gasteiger partial charge in [0.05, 0.1) is 22.6 Å². The second-order valence-electron chi connectivity index (χ2n) is 8.33. The molecule has 172 valence electrons. The van der Waals surface area contributed by atoms with Crippen LogP contribution in [0.15, 0.2) is 111 Å². The second-order valence-corrected chi connectivity index (χ2v) is 9.44. The van der Waals surface area contributed by atoms with Gasteiger partial charge in [0.1, 0.15) is 17.5 Å². The van der Waals surface area contributed by atoms with E-state index in [0.717, 1.165) is 37.7 Å². The first kappa shape index (κ1) is 21.6. The molecule has 3 heterocycles. The van der Waals surface area contributed by atoms with Crippen molar-refractivity contribution in [2.75, 3.05) is 5.01 Å². The largest absolute Gasteiger partial charge is 0.461 e. The van der Waals surface area contributed by atoms with Crippen molar-refractivity contribution in [3.05, 3.63) is 119 Å². The van der Waals surface area contributed by atoms with Crippen LogP contribution in [0.4, 0.5) is 10.1 Å². The lowest BCUT2D eigenvalue weighted by molar-refractivity contribution is 0.608. The molecule has 0 amide bonds. The Bertz CT molecular complexity index is 1580. The van der Waals surface area contributed by atoms with Crippen LogP contribution in [0.25, 0.3) is 11.1 Å². The van der Waals surface area contributed by atoms with E-state index in [9.17, 15) is 4.39 Å². The van der Waals surface area contributed by atoms with Gasteiger partial charge in [0, 0.05) is 33.8 Å². The minimum absolute atomic E-state index is 0.257. The summed E-state index contributed by atoms with van der Waals surface area (Å²) in [5.74, 6) is -0.257. The van der Waals surface area contributed by atoms with Gasteiger partial charge in [-0.05, 0) is 48.9 Å². The number of furan rings is 1. The zero-order chi connectivity index (χ0) is 23.9. The van der Waals surface area contributed by atoms with E-state index >= 15 is 0 Å². The van der Waals surface area contributed by atoms with Gasteiger partial charge in [0.2, 0.25) is 0 Å². The fourth-order valence-electron chi connectivity index (χ4n) is 4.22. The summed E-state index contributed by atoms with van der Waals surface area (Å²) in [5.41, 5.74) is 13.0. The first-order valence-corrected chi connectivity index (χ1v) is 12.0. The predicted molar refractivity (Wildman–Crippen MR) is 137 cm³/mol. The number of hydrogen-bond donors (Lipinski definition) is 1. The number of rotatable bonds is 4. The Morgan fingerprint density at radius 1 is 1.00 bits per heavy atom. The highest BCUT2D eigenvalue weighted by Gasteiger charge is 2.28. The van der Waals surface area contributed by atoms with Crippen LogP contribution in [0.5, 0.6) is 0 Å². The molecule has 5 nitrogen and oxygen atoms in total. The highest BCUT2D eigenvalue weighted by atomic mass is 32.2.